The smallest absolute Gasteiger partial charge is 0.287 e. The number of rotatable bonds is 10. The Kier molecular flexibility index (Phi) is 9.42. The molecule has 0 aromatic carbocycles. The van der Waals surface area contributed by atoms with Crippen LogP contribution in [0, 0.1) is 5.92 Å². The van der Waals surface area contributed by atoms with Crippen molar-refractivity contribution in [3.8, 4) is 0 Å². The third kappa shape index (κ3) is 7.03. The second-order valence-corrected chi connectivity index (χ2v) is 12.6. The monoisotopic (exact) mass is 633 g/mol. The Hall–Kier alpha value is -4.79. The number of pyridine rings is 1. The molecule has 3 aromatic rings. The molecule has 4 N–H and O–H groups in total. The molecule has 2 aliphatic rings. The van der Waals surface area contributed by atoms with Crippen molar-refractivity contribution in [2.75, 3.05) is 6.54 Å². The van der Waals surface area contributed by atoms with E-state index < -0.39 is 53.1 Å². The number of hydrogen-bond acceptors (Lipinski definition) is 9. The van der Waals surface area contributed by atoms with Gasteiger partial charge >= 0.3 is 0 Å². The molecule has 1 saturated heterocycles. The second-order valence-electron chi connectivity index (χ2n) is 12.6. The summed E-state index contributed by atoms with van der Waals surface area (Å²) in [5.41, 5.74) is 5.14. The third-order valence-electron chi connectivity index (χ3n) is 8.71. The lowest BCUT2D eigenvalue weighted by Gasteiger charge is -2.27. The number of nitrogens with zero attached hydrogens (tertiary/aromatic N) is 7. The summed E-state index contributed by atoms with van der Waals surface area (Å²) in [6.45, 7) is 4.46. The molecule has 1 aliphatic heterocycles. The highest BCUT2D eigenvalue weighted by Crippen LogP contribution is 2.33. The van der Waals surface area contributed by atoms with E-state index in [2.05, 4.69) is 25.6 Å². The molecule has 0 radical (unpaired) electrons. The van der Waals surface area contributed by atoms with E-state index >= 15 is 0 Å². The molecule has 15 heteroatoms. The first kappa shape index (κ1) is 32.6. The highest BCUT2D eigenvalue weighted by molar-refractivity contribution is 6.41. The molecule has 2 fully saturated rings. The molecular weight excluding hydrogens is 594 g/mol. The standard InChI is InChI=1S/C31H39N9O6/c1-18(26(41)27(32)42)35-29(44)23-14-21(40-24(15-34-37-40)31(2,3)46)17-39(23)30(45)22(13-19-7-5-4-6-8-19)36-28(43)20-9-10-25-33-11-12-38(25)16-20/h9-12,15-16,18-19,21,23,46H,4-8,13-14,17H2,1-3H3,(H2,32,42)(H,35,44)/b36-22+/t18?,21-,23-/m0/s1. The molecule has 1 unspecified atom stereocenters. The van der Waals surface area contributed by atoms with Crippen LogP contribution in [0.5, 0.6) is 0 Å². The number of aliphatic imine (C=N–C) groups is 1. The number of carbonyl (C=O) groups is 5. The number of ketones is 1. The molecule has 3 atom stereocenters. The highest BCUT2D eigenvalue weighted by Gasteiger charge is 2.44. The van der Waals surface area contributed by atoms with Crippen molar-refractivity contribution in [3.63, 3.8) is 0 Å². The maximum Gasteiger partial charge on any atom is 0.287 e. The lowest BCUT2D eigenvalue weighted by molar-refractivity contribution is -0.139. The fourth-order valence-electron chi connectivity index (χ4n) is 6.25. The topological polar surface area (TPSA) is 207 Å². The van der Waals surface area contributed by atoms with Gasteiger partial charge in [-0.15, -0.1) is 5.10 Å². The maximum atomic E-state index is 14.4. The van der Waals surface area contributed by atoms with Crippen LogP contribution in [0.3, 0.4) is 0 Å². The first-order chi connectivity index (χ1) is 21.8. The first-order valence-corrected chi connectivity index (χ1v) is 15.5. The summed E-state index contributed by atoms with van der Waals surface area (Å²) in [7, 11) is 0. The number of fused-ring (bicyclic) bond motifs is 1. The Morgan fingerprint density at radius 2 is 1.89 bits per heavy atom. The Labute approximate surface area is 265 Å². The third-order valence-corrected chi connectivity index (χ3v) is 8.71. The Morgan fingerprint density at radius 1 is 1.15 bits per heavy atom. The van der Waals surface area contributed by atoms with E-state index in [1.165, 1.54) is 22.7 Å². The van der Waals surface area contributed by atoms with Gasteiger partial charge in [-0.05, 0) is 45.2 Å². The van der Waals surface area contributed by atoms with E-state index in [1.54, 1.807) is 49.0 Å². The number of hydrogen-bond donors (Lipinski definition) is 3. The summed E-state index contributed by atoms with van der Waals surface area (Å²) in [5, 5.41) is 21.3. The zero-order chi connectivity index (χ0) is 33.2. The summed E-state index contributed by atoms with van der Waals surface area (Å²) in [4.78, 5) is 75.1. The van der Waals surface area contributed by atoms with Crippen LogP contribution < -0.4 is 11.1 Å². The van der Waals surface area contributed by atoms with E-state index in [9.17, 15) is 29.1 Å². The van der Waals surface area contributed by atoms with Crippen molar-refractivity contribution in [1.29, 1.82) is 0 Å². The number of aromatic nitrogens is 5. The van der Waals surface area contributed by atoms with Gasteiger partial charge in [-0.2, -0.15) is 0 Å². The largest absolute Gasteiger partial charge is 0.384 e. The molecular formula is C31H39N9O6. The molecule has 1 aliphatic carbocycles. The summed E-state index contributed by atoms with van der Waals surface area (Å²) in [5.74, 6) is -3.93. The van der Waals surface area contributed by atoms with Crippen LogP contribution in [0.25, 0.3) is 5.65 Å². The second kappa shape index (κ2) is 13.3. The summed E-state index contributed by atoms with van der Waals surface area (Å²) in [6, 6.07) is 0.354. The zero-order valence-corrected chi connectivity index (χ0v) is 26.1. The minimum absolute atomic E-state index is 0.0135. The average molecular weight is 634 g/mol. The number of likely N-dealkylation sites (tertiary alicyclic amines) is 1. The lowest BCUT2D eigenvalue weighted by atomic mass is 9.85. The molecule has 5 rings (SSSR count). The molecule has 46 heavy (non-hydrogen) atoms. The molecule has 244 valence electrons. The molecule has 0 bridgehead atoms. The van der Waals surface area contributed by atoms with Gasteiger partial charge in [0, 0.05) is 31.6 Å². The van der Waals surface area contributed by atoms with Gasteiger partial charge in [0.2, 0.25) is 11.7 Å². The van der Waals surface area contributed by atoms with E-state index in [0.29, 0.717) is 11.3 Å². The van der Waals surface area contributed by atoms with Crippen molar-refractivity contribution in [1.82, 2.24) is 34.6 Å². The molecule has 0 spiro atoms. The van der Waals surface area contributed by atoms with Gasteiger partial charge in [0.05, 0.1) is 29.5 Å². The normalized spacial score (nSPS) is 20.1. The van der Waals surface area contributed by atoms with E-state index in [4.69, 9.17) is 5.73 Å². The predicted octanol–water partition coefficient (Wildman–Crippen LogP) is 1.11. The number of nitrogens with two attached hydrogens (primary N) is 1. The quantitative estimate of drug-likeness (QED) is 0.215. The van der Waals surface area contributed by atoms with E-state index in [1.807, 2.05) is 0 Å². The van der Waals surface area contributed by atoms with Gasteiger partial charge in [-0.1, -0.05) is 37.3 Å². The fourth-order valence-corrected chi connectivity index (χ4v) is 6.25. The van der Waals surface area contributed by atoms with Crippen molar-refractivity contribution in [3.05, 3.63) is 48.2 Å². The van der Waals surface area contributed by atoms with Crippen LogP contribution in [0.15, 0.2) is 41.9 Å². The minimum Gasteiger partial charge on any atom is -0.384 e. The van der Waals surface area contributed by atoms with Crippen LogP contribution >= 0.6 is 0 Å². The van der Waals surface area contributed by atoms with Crippen LogP contribution in [0.1, 0.15) is 87.8 Å². The van der Waals surface area contributed by atoms with Gasteiger partial charge in [0.15, 0.2) is 0 Å². The van der Waals surface area contributed by atoms with Gasteiger partial charge in [0.25, 0.3) is 17.7 Å². The van der Waals surface area contributed by atoms with Gasteiger partial charge in [-0.25, -0.2) is 14.7 Å². The number of primary amides is 1. The Morgan fingerprint density at radius 3 is 2.59 bits per heavy atom. The first-order valence-electron chi connectivity index (χ1n) is 15.5. The Balaban J connectivity index is 1.50. The summed E-state index contributed by atoms with van der Waals surface area (Å²) < 4.78 is 3.17. The Bertz CT molecular complexity index is 1680. The molecule has 4 amide bonds. The fraction of sp³-hybridized carbons (Fsp3) is 0.516. The van der Waals surface area contributed by atoms with Crippen LogP contribution in [0.2, 0.25) is 0 Å². The average Bonchev–Trinajstić information content (AvgIpc) is 3.79. The van der Waals surface area contributed by atoms with Gasteiger partial charge in [-0.3, -0.25) is 24.0 Å². The zero-order valence-electron chi connectivity index (χ0n) is 26.1. The molecule has 1 saturated carbocycles. The van der Waals surface area contributed by atoms with Gasteiger partial charge < -0.3 is 25.5 Å². The van der Waals surface area contributed by atoms with Crippen LogP contribution in [-0.4, -0.2) is 88.1 Å². The van der Waals surface area contributed by atoms with E-state index in [-0.39, 0.29) is 36.6 Å². The van der Waals surface area contributed by atoms with Crippen molar-refractivity contribution < 1.29 is 29.1 Å². The maximum absolute atomic E-state index is 14.4. The number of aliphatic hydroxyl groups is 1. The number of carbonyl (C=O) groups excluding carboxylic acids is 5. The molecule has 4 heterocycles. The van der Waals surface area contributed by atoms with E-state index in [0.717, 1.165) is 32.1 Å². The minimum atomic E-state index is -1.32. The number of nitrogens with one attached hydrogen (secondary N) is 1. The SMILES string of the molecule is CC(NC(=O)[C@@H]1C[C@H](n2nncc2C(C)(C)O)CN1C(=O)/C(CC1CCCCC1)=N/C(=O)c1ccc2nccn2c1)C(=O)C(N)=O. The number of amides is 4. The summed E-state index contributed by atoms with van der Waals surface area (Å²) in [6.07, 6.45) is 11.5. The molecule has 15 nitrogen and oxygen atoms in total. The lowest BCUT2D eigenvalue weighted by Crippen LogP contribution is -2.52. The van der Waals surface area contributed by atoms with Crippen molar-refractivity contribution in [2.24, 2.45) is 16.6 Å². The van der Waals surface area contributed by atoms with Crippen LogP contribution in [-0.2, 0) is 24.8 Å². The van der Waals surface area contributed by atoms with Crippen LogP contribution in [0.4, 0.5) is 0 Å². The van der Waals surface area contributed by atoms with Gasteiger partial charge in [0.1, 0.15) is 23.0 Å². The molecule has 3 aromatic heterocycles. The summed E-state index contributed by atoms with van der Waals surface area (Å²) >= 11 is 0. The highest BCUT2D eigenvalue weighted by atomic mass is 16.3. The van der Waals surface area contributed by atoms with Crippen molar-refractivity contribution in [2.45, 2.75) is 89.4 Å². The van der Waals surface area contributed by atoms with Crippen molar-refractivity contribution >= 4 is 40.8 Å². The number of imidazole rings is 1. The predicted molar refractivity (Wildman–Crippen MR) is 164 cm³/mol. The number of Topliss-reactive ketones (excluding diaryl/α,β-unsaturated/α-hetero) is 1.